The highest BCUT2D eigenvalue weighted by molar-refractivity contribution is 7.89. The second kappa shape index (κ2) is 6.75. The minimum Gasteiger partial charge on any atom is -0.370 e. The third-order valence-corrected chi connectivity index (χ3v) is 5.42. The van der Waals surface area contributed by atoms with E-state index in [1.807, 2.05) is 6.92 Å². The monoisotopic (exact) mass is 311 g/mol. The van der Waals surface area contributed by atoms with E-state index in [9.17, 15) is 8.42 Å². The van der Waals surface area contributed by atoms with E-state index in [4.69, 9.17) is 0 Å². The largest absolute Gasteiger partial charge is 0.370 e. The van der Waals surface area contributed by atoms with Crippen LogP contribution < -0.4 is 10.0 Å². The molecule has 0 amide bonds. The van der Waals surface area contributed by atoms with Gasteiger partial charge < -0.3 is 5.32 Å². The third kappa shape index (κ3) is 4.41. The first-order valence-corrected chi connectivity index (χ1v) is 9.11. The zero-order valence-corrected chi connectivity index (χ0v) is 13.8. The van der Waals surface area contributed by atoms with E-state index in [1.165, 1.54) is 12.6 Å². The van der Waals surface area contributed by atoms with Crippen molar-refractivity contribution < 1.29 is 8.42 Å². The lowest BCUT2D eigenvalue weighted by atomic mass is 9.81. The molecule has 0 aromatic carbocycles. The minimum absolute atomic E-state index is 0.0319. The molecule has 2 atom stereocenters. The molecule has 1 aromatic heterocycles. The number of pyridine rings is 1. The van der Waals surface area contributed by atoms with Gasteiger partial charge in [0.2, 0.25) is 10.0 Å². The first kappa shape index (κ1) is 16.2. The van der Waals surface area contributed by atoms with Crippen molar-refractivity contribution in [1.82, 2.24) is 9.71 Å². The second-order valence-corrected chi connectivity index (χ2v) is 7.86. The van der Waals surface area contributed by atoms with Crippen LogP contribution in [0.3, 0.4) is 0 Å². The summed E-state index contributed by atoms with van der Waals surface area (Å²) in [5.74, 6) is 1.72. The Hall–Kier alpha value is -1.14. The Morgan fingerprint density at radius 1 is 1.24 bits per heavy atom. The molecule has 1 heterocycles. The van der Waals surface area contributed by atoms with Crippen LogP contribution in [0, 0.1) is 11.8 Å². The van der Waals surface area contributed by atoms with Gasteiger partial charge in [-0.3, -0.25) is 0 Å². The number of anilines is 1. The zero-order valence-electron chi connectivity index (χ0n) is 13.0. The zero-order chi connectivity index (χ0) is 15.5. The maximum atomic E-state index is 12.5. The second-order valence-electron chi connectivity index (χ2n) is 6.14. The molecule has 1 saturated carbocycles. The summed E-state index contributed by atoms with van der Waals surface area (Å²) in [7, 11) is -3.48. The number of nitrogens with one attached hydrogen (secondary N) is 2. The summed E-state index contributed by atoms with van der Waals surface area (Å²) in [4.78, 5) is 4.39. The molecule has 2 unspecified atom stereocenters. The van der Waals surface area contributed by atoms with Gasteiger partial charge in [-0.2, -0.15) is 0 Å². The maximum Gasteiger partial charge on any atom is 0.241 e. The Labute approximate surface area is 127 Å². The lowest BCUT2D eigenvalue weighted by molar-refractivity contribution is 0.257. The van der Waals surface area contributed by atoms with Crippen LogP contribution in [0.4, 0.5) is 5.82 Å². The number of hydrogen-bond acceptors (Lipinski definition) is 4. The van der Waals surface area contributed by atoms with E-state index in [-0.39, 0.29) is 10.9 Å². The van der Waals surface area contributed by atoms with Crippen LogP contribution in [-0.4, -0.2) is 26.0 Å². The summed E-state index contributed by atoms with van der Waals surface area (Å²) < 4.78 is 27.9. The van der Waals surface area contributed by atoms with Gasteiger partial charge in [-0.1, -0.05) is 13.8 Å². The predicted molar refractivity (Wildman–Crippen MR) is 84.7 cm³/mol. The van der Waals surface area contributed by atoms with Crippen molar-refractivity contribution in [2.45, 2.75) is 51.0 Å². The molecule has 1 aliphatic carbocycles. The van der Waals surface area contributed by atoms with Crippen molar-refractivity contribution in [3.8, 4) is 0 Å². The summed E-state index contributed by atoms with van der Waals surface area (Å²) in [6.07, 6.45) is 4.53. The summed E-state index contributed by atoms with van der Waals surface area (Å²) in [5.41, 5.74) is 0. The molecular formula is C15H25N3O2S. The molecule has 0 spiro atoms. The fourth-order valence-corrected chi connectivity index (χ4v) is 4.46. The van der Waals surface area contributed by atoms with E-state index >= 15 is 0 Å². The number of rotatable bonds is 5. The van der Waals surface area contributed by atoms with Gasteiger partial charge in [0.05, 0.1) is 4.90 Å². The van der Waals surface area contributed by atoms with Crippen LogP contribution in [0.15, 0.2) is 23.2 Å². The van der Waals surface area contributed by atoms with E-state index in [0.717, 1.165) is 12.8 Å². The summed E-state index contributed by atoms with van der Waals surface area (Å²) >= 11 is 0. The predicted octanol–water partition coefficient (Wildman–Crippen LogP) is 2.62. The minimum atomic E-state index is -3.48. The van der Waals surface area contributed by atoms with Gasteiger partial charge in [0.15, 0.2) is 0 Å². The Kier molecular flexibility index (Phi) is 5.22. The molecule has 1 aliphatic rings. The van der Waals surface area contributed by atoms with Crippen molar-refractivity contribution in [1.29, 1.82) is 0 Å². The topological polar surface area (TPSA) is 71.1 Å². The van der Waals surface area contributed by atoms with Crippen LogP contribution in [0.5, 0.6) is 0 Å². The Morgan fingerprint density at radius 2 is 1.90 bits per heavy atom. The first-order valence-electron chi connectivity index (χ1n) is 7.63. The molecule has 6 heteroatoms. The molecule has 1 fully saturated rings. The van der Waals surface area contributed by atoms with Crippen LogP contribution in [0.25, 0.3) is 0 Å². The Balaban J connectivity index is 2.12. The maximum absolute atomic E-state index is 12.5. The standard InChI is InChI=1S/C15H25N3O2S/c1-4-16-15-10-14(5-6-17-15)21(19,20)18-13-8-11(2)7-12(3)9-13/h5-6,10-13,18H,4,7-9H2,1-3H3,(H,16,17). The highest BCUT2D eigenvalue weighted by Crippen LogP contribution is 2.29. The SMILES string of the molecule is CCNc1cc(S(=O)(=O)NC2CC(C)CC(C)C2)ccn1. The van der Waals surface area contributed by atoms with E-state index in [2.05, 4.69) is 28.9 Å². The van der Waals surface area contributed by atoms with Crippen molar-refractivity contribution in [2.24, 2.45) is 11.8 Å². The van der Waals surface area contributed by atoms with Gasteiger partial charge in [0.1, 0.15) is 5.82 Å². The normalized spacial score (nSPS) is 26.5. The van der Waals surface area contributed by atoms with Gasteiger partial charge in [-0.05, 0) is 44.1 Å². The van der Waals surface area contributed by atoms with Crippen molar-refractivity contribution in [3.63, 3.8) is 0 Å². The average Bonchev–Trinajstić information content (AvgIpc) is 2.37. The summed E-state index contributed by atoms with van der Waals surface area (Å²) in [6.45, 7) is 7.03. The van der Waals surface area contributed by atoms with Gasteiger partial charge in [-0.25, -0.2) is 18.1 Å². The molecule has 21 heavy (non-hydrogen) atoms. The van der Waals surface area contributed by atoms with Crippen molar-refractivity contribution in [2.75, 3.05) is 11.9 Å². The van der Waals surface area contributed by atoms with Gasteiger partial charge in [-0.15, -0.1) is 0 Å². The molecule has 0 radical (unpaired) electrons. The van der Waals surface area contributed by atoms with E-state index in [0.29, 0.717) is 24.2 Å². The van der Waals surface area contributed by atoms with E-state index in [1.54, 1.807) is 12.1 Å². The third-order valence-electron chi connectivity index (χ3n) is 3.90. The number of sulfonamides is 1. The molecule has 0 aliphatic heterocycles. The fourth-order valence-electron chi connectivity index (χ4n) is 3.19. The molecule has 2 rings (SSSR count). The quantitative estimate of drug-likeness (QED) is 0.877. The Morgan fingerprint density at radius 3 is 2.52 bits per heavy atom. The van der Waals surface area contributed by atoms with Gasteiger partial charge in [0.25, 0.3) is 0 Å². The van der Waals surface area contributed by atoms with E-state index < -0.39 is 10.0 Å². The van der Waals surface area contributed by atoms with Gasteiger partial charge >= 0.3 is 0 Å². The van der Waals surface area contributed by atoms with Crippen LogP contribution in [-0.2, 0) is 10.0 Å². The summed E-state index contributed by atoms with van der Waals surface area (Å²) in [5, 5.41) is 3.03. The molecule has 118 valence electrons. The number of hydrogen-bond donors (Lipinski definition) is 2. The molecule has 0 saturated heterocycles. The molecular weight excluding hydrogens is 286 g/mol. The fraction of sp³-hybridized carbons (Fsp3) is 0.667. The number of nitrogens with zero attached hydrogens (tertiary/aromatic N) is 1. The lowest BCUT2D eigenvalue weighted by Gasteiger charge is -2.31. The molecule has 2 N–H and O–H groups in total. The van der Waals surface area contributed by atoms with Gasteiger partial charge in [0, 0.05) is 24.8 Å². The van der Waals surface area contributed by atoms with Crippen molar-refractivity contribution >= 4 is 15.8 Å². The van der Waals surface area contributed by atoms with Crippen LogP contribution in [0.1, 0.15) is 40.0 Å². The summed E-state index contributed by atoms with van der Waals surface area (Å²) in [6, 6.07) is 3.16. The average molecular weight is 311 g/mol. The highest BCUT2D eigenvalue weighted by atomic mass is 32.2. The lowest BCUT2D eigenvalue weighted by Crippen LogP contribution is -2.40. The van der Waals surface area contributed by atoms with Crippen molar-refractivity contribution in [3.05, 3.63) is 18.3 Å². The smallest absolute Gasteiger partial charge is 0.241 e. The highest BCUT2D eigenvalue weighted by Gasteiger charge is 2.28. The molecule has 1 aromatic rings. The first-order chi connectivity index (χ1) is 9.90. The van der Waals surface area contributed by atoms with Crippen LogP contribution in [0.2, 0.25) is 0 Å². The number of aromatic nitrogens is 1. The molecule has 0 bridgehead atoms. The Bertz CT molecular complexity index is 564. The molecule has 5 nitrogen and oxygen atoms in total. The van der Waals surface area contributed by atoms with Crippen LogP contribution >= 0.6 is 0 Å².